The minimum absolute atomic E-state index is 0. The first kappa shape index (κ1) is 10.9. The van der Waals surface area contributed by atoms with Gasteiger partial charge in [0.1, 0.15) is 5.58 Å². The molecule has 64 valence electrons. The van der Waals surface area contributed by atoms with E-state index in [0.717, 1.165) is 5.39 Å². The summed E-state index contributed by atoms with van der Waals surface area (Å²) in [5.74, 6) is 0. The average Bonchev–Trinajstić information content (AvgIpc) is 2.46. The smallest absolute Gasteiger partial charge is 1.00 e. The average molecular weight is 206 g/mol. The van der Waals surface area contributed by atoms with Crippen molar-refractivity contribution in [1.29, 1.82) is 0 Å². The SMILES string of the molecule is O=S(O)c1cc2ccccc2o1.[H-].[Na+]. The summed E-state index contributed by atoms with van der Waals surface area (Å²) in [6, 6.07) is 8.81. The molecule has 0 spiro atoms. The summed E-state index contributed by atoms with van der Waals surface area (Å²) in [5.41, 5.74) is 0.634. The minimum Gasteiger partial charge on any atom is -1.00 e. The standard InChI is InChI=1S/C8H6O3S.Na.H/c9-12(10)8-5-6-3-1-2-4-7(6)11-8;;/h1-5H,(H,9,10);;/q;+1;-1. The Bertz CT molecular complexity index is 410. The molecule has 0 amide bonds. The Balaban J connectivity index is 0.000000845. The zero-order valence-corrected chi connectivity index (χ0v) is 9.88. The molecule has 0 fully saturated rings. The molecule has 0 aliphatic rings. The Morgan fingerprint density at radius 1 is 1.38 bits per heavy atom. The van der Waals surface area contributed by atoms with Crippen LogP contribution in [0.1, 0.15) is 1.43 Å². The number of furan rings is 1. The van der Waals surface area contributed by atoms with Gasteiger partial charge in [-0.2, -0.15) is 0 Å². The van der Waals surface area contributed by atoms with Crippen molar-refractivity contribution in [3.05, 3.63) is 30.3 Å². The number of benzene rings is 1. The molecule has 1 N–H and O–H groups in total. The van der Waals surface area contributed by atoms with Crippen LogP contribution in [0, 0.1) is 0 Å². The number of rotatable bonds is 1. The molecule has 0 radical (unpaired) electrons. The van der Waals surface area contributed by atoms with E-state index in [1.807, 2.05) is 18.2 Å². The fourth-order valence-electron chi connectivity index (χ4n) is 1.04. The van der Waals surface area contributed by atoms with E-state index in [-0.39, 0.29) is 36.1 Å². The van der Waals surface area contributed by atoms with Crippen molar-refractivity contribution in [2.45, 2.75) is 5.09 Å². The van der Waals surface area contributed by atoms with Gasteiger partial charge in [0, 0.05) is 11.5 Å². The van der Waals surface area contributed by atoms with Crippen LogP contribution in [0.4, 0.5) is 0 Å². The van der Waals surface area contributed by atoms with Gasteiger partial charge in [0.15, 0.2) is 0 Å². The topological polar surface area (TPSA) is 50.4 Å². The number of para-hydroxylation sites is 1. The maximum absolute atomic E-state index is 10.6. The van der Waals surface area contributed by atoms with E-state index in [9.17, 15) is 4.21 Å². The maximum atomic E-state index is 10.6. The van der Waals surface area contributed by atoms with Gasteiger partial charge in [-0.1, -0.05) is 18.2 Å². The normalized spacial score (nSPS) is 12.4. The molecular formula is C8H7NaO3S. The van der Waals surface area contributed by atoms with Crippen molar-refractivity contribution in [2.75, 3.05) is 0 Å². The molecule has 1 unspecified atom stereocenters. The van der Waals surface area contributed by atoms with Crippen molar-refractivity contribution >= 4 is 22.0 Å². The van der Waals surface area contributed by atoms with E-state index in [1.54, 1.807) is 12.1 Å². The molecule has 1 atom stereocenters. The molecule has 13 heavy (non-hydrogen) atoms. The van der Waals surface area contributed by atoms with E-state index in [0.29, 0.717) is 5.58 Å². The summed E-state index contributed by atoms with van der Waals surface area (Å²) in [6.45, 7) is 0. The van der Waals surface area contributed by atoms with Crippen molar-refractivity contribution in [1.82, 2.24) is 0 Å². The van der Waals surface area contributed by atoms with Crippen LogP contribution in [-0.4, -0.2) is 8.76 Å². The van der Waals surface area contributed by atoms with Gasteiger partial charge in [-0.15, -0.1) is 0 Å². The van der Waals surface area contributed by atoms with Crippen molar-refractivity contribution in [2.24, 2.45) is 0 Å². The summed E-state index contributed by atoms with van der Waals surface area (Å²) in [6.07, 6.45) is 0. The second-order valence-electron chi connectivity index (χ2n) is 2.35. The number of fused-ring (bicyclic) bond motifs is 1. The third kappa shape index (κ3) is 2.21. The molecule has 2 rings (SSSR count). The van der Waals surface area contributed by atoms with Crippen LogP contribution in [0.3, 0.4) is 0 Å². The molecule has 0 bridgehead atoms. The van der Waals surface area contributed by atoms with Gasteiger partial charge in [-0.05, 0) is 6.07 Å². The summed E-state index contributed by atoms with van der Waals surface area (Å²) in [5, 5.41) is 0.936. The Morgan fingerprint density at radius 2 is 2.08 bits per heavy atom. The van der Waals surface area contributed by atoms with Crippen LogP contribution >= 0.6 is 0 Å². The molecule has 1 aromatic carbocycles. The fraction of sp³-hybridized carbons (Fsp3) is 0. The quantitative estimate of drug-likeness (QED) is 0.487. The number of hydrogen-bond donors (Lipinski definition) is 1. The van der Waals surface area contributed by atoms with Gasteiger partial charge >= 0.3 is 29.6 Å². The monoisotopic (exact) mass is 206 g/mol. The fourth-order valence-corrected chi connectivity index (χ4v) is 1.43. The van der Waals surface area contributed by atoms with Crippen LogP contribution in [0.15, 0.2) is 39.8 Å². The predicted octanol–water partition coefficient (Wildman–Crippen LogP) is -0.870. The molecule has 0 saturated carbocycles. The van der Waals surface area contributed by atoms with Crippen LogP contribution in [0.2, 0.25) is 0 Å². The Labute approximate surface area is 101 Å². The second-order valence-corrected chi connectivity index (χ2v) is 3.25. The van der Waals surface area contributed by atoms with E-state index in [2.05, 4.69) is 0 Å². The largest absolute Gasteiger partial charge is 1.00 e. The molecule has 1 heterocycles. The molecule has 0 saturated heterocycles. The van der Waals surface area contributed by atoms with E-state index < -0.39 is 11.1 Å². The van der Waals surface area contributed by atoms with Gasteiger partial charge in [0.2, 0.25) is 16.2 Å². The molecule has 0 aliphatic heterocycles. The van der Waals surface area contributed by atoms with Gasteiger partial charge in [-0.3, -0.25) is 4.55 Å². The first-order chi connectivity index (χ1) is 5.77. The van der Waals surface area contributed by atoms with Crippen molar-refractivity contribution in [3.63, 3.8) is 0 Å². The Kier molecular flexibility index (Phi) is 3.70. The summed E-state index contributed by atoms with van der Waals surface area (Å²) in [4.78, 5) is 0. The van der Waals surface area contributed by atoms with Crippen molar-refractivity contribution < 1.29 is 44.2 Å². The Hall–Kier alpha value is -0.130. The van der Waals surface area contributed by atoms with Crippen LogP contribution in [0.25, 0.3) is 11.0 Å². The van der Waals surface area contributed by atoms with Gasteiger partial charge in [0.25, 0.3) is 0 Å². The maximum Gasteiger partial charge on any atom is 1.00 e. The molecule has 2 aromatic rings. The molecule has 3 nitrogen and oxygen atoms in total. The summed E-state index contributed by atoms with van der Waals surface area (Å²) in [7, 11) is 0. The third-order valence-corrected chi connectivity index (χ3v) is 2.12. The van der Waals surface area contributed by atoms with Crippen LogP contribution in [0.5, 0.6) is 0 Å². The third-order valence-electron chi connectivity index (χ3n) is 1.58. The zero-order chi connectivity index (χ0) is 8.55. The molecule has 5 heteroatoms. The van der Waals surface area contributed by atoms with E-state index >= 15 is 0 Å². The molecule has 1 aromatic heterocycles. The Morgan fingerprint density at radius 3 is 2.69 bits per heavy atom. The van der Waals surface area contributed by atoms with Gasteiger partial charge in [0.05, 0.1) is 0 Å². The summed E-state index contributed by atoms with van der Waals surface area (Å²) < 4.78 is 24.4. The minimum atomic E-state index is -2.03. The van der Waals surface area contributed by atoms with Crippen LogP contribution in [-0.2, 0) is 11.1 Å². The predicted molar refractivity (Wildman–Crippen MR) is 46.4 cm³/mol. The zero-order valence-electron chi connectivity index (χ0n) is 8.06. The van der Waals surface area contributed by atoms with E-state index in [1.165, 1.54) is 0 Å². The number of hydrogen-bond acceptors (Lipinski definition) is 2. The van der Waals surface area contributed by atoms with Crippen LogP contribution < -0.4 is 29.6 Å². The van der Waals surface area contributed by atoms with Gasteiger partial charge in [-0.25, -0.2) is 4.21 Å². The second kappa shape index (κ2) is 4.39. The van der Waals surface area contributed by atoms with E-state index in [4.69, 9.17) is 8.97 Å². The molecule has 0 aliphatic carbocycles. The van der Waals surface area contributed by atoms with Crippen molar-refractivity contribution in [3.8, 4) is 0 Å². The summed E-state index contributed by atoms with van der Waals surface area (Å²) >= 11 is -2.03. The molecular weight excluding hydrogens is 199 g/mol. The van der Waals surface area contributed by atoms with Gasteiger partial charge < -0.3 is 5.84 Å². The first-order valence-electron chi connectivity index (χ1n) is 3.37. The first-order valence-corrected chi connectivity index (χ1v) is 4.47.